The molecule has 0 unspecified atom stereocenters. The number of aromatic nitrogens is 1. The van der Waals surface area contributed by atoms with Crippen LogP contribution in [0.2, 0.25) is 0 Å². The number of methoxy groups -OCH3 is 2. The molecule has 0 bridgehead atoms. The Hall–Kier alpha value is -2.94. The molecular formula is C19H22N2O6S. The van der Waals surface area contributed by atoms with Crippen LogP contribution in [0, 0.1) is 0 Å². The molecule has 0 spiro atoms. The van der Waals surface area contributed by atoms with E-state index in [-0.39, 0.29) is 19.5 Å². The number of hydrogen-bond acceptors (Lipinski definition) is 8. The summed E-state index contributed by atoms with van der Waals surface area (Å²) in [5.41, 5.74) is 1.46. The number of carbonyl (C=O) groups is 3. The molecule has 1 aromatic heterocycles. The van der Waals surface area contributed by atoms with Crippen LogP contribution in [0.4, 0.5) is 0 Å². The standard InChI is InChI=1S/C19H22N2O6S/c1-4-27-15-7-5-13(6-8-15)19-20-14(12-28-19)9-16(22)21(10-17(23)25-2)11-18(24)26-3/h5-8,12H,4,9-11H2,1-3H3. The monoisotopic (exact) mass is 406 g/mol. The fourth-order valence-corrected chi connectivity index (χ4v) is 3.15. The zero-order valence-electron chi connectivity index (χ0n) is 16.0. The Kier molecular flexibility index (Phi) is 7.94. The number of benzene rings is 1. The number of amides is 1. The molecule has 0 aliphatic heterocycles. The maximum Gasteiger partial charge on any atom is 0.325 e. The number of esters is 2. The van der Waals surface area contributed by atoms with Crippen LogP contribution in [0.15, 0.2) is 29.6 Å². The highest BCUT2D eigenvalue weighted by Crippen LogP contribution is 2.26. The maximum absolute atomic E-state index is 12.5. The molecule has 150 valence electrons. The highest BCUT2D eigenvalue weighted by Gasteiger charge is 2.22. The van der Waals surface area contributed by atoms with E-state index in [1.807, 2.05) is 31.2 Å². The zero-order valence-corrected chi connectivity index (χ0v) is 16.8. The van der Waals surface area contributed by atoms with Gasteiger partial charge >= 0.3 is 11.9 Å². The second kappa shape index (κ2) is 10.4. The molecule has 0 aliphatic carbocycles. The molecule has 0 fully saturated rings. The minimum atomic E-state index is -0.620. The van der Waals surface area contributed by atoms with Crippen molar-refractivity contribution >= 4 is 29.2 Å². The lowest BCUT2D eigenvalue weighted by Crippen LogP contribution is -2.41. The molecule has 8 nitrogen and oxygen atoms in total. The molecule has 0 atom stereocenters. The quantitative estimate of drug-likeness (QED) is 0.587. The second-order valence-corrected chi connectivity index (χ2v) is 6.54. The van der Waals surface area contributed by atoms with Gasteiger partial charge in [0.15, 0.2) is 0 Å². The van der Waals surface area contributed by atoms with Gasteiger partial charge in [0.25, 0.3) is 0 Å². The number of rotatable bonds is 9. The number of thiazole rings is 1. The largest absolute Gasteiger partial charge is 0.494 e. The molecule has 0 aliphatic rings. The van der Waals surface area contributed by atoms with Crippen molar-refractivity contribution in [2.75, 3.05) is 33.9 Å². The van der Waals surface area contributed by atoms with Gasteiger partial charge in [-0.15, -0.1) is 11.3 Å². The molecule has 1 aromatic carbocycles. The number of nitrogens with zero attached hydrogens (tertiary/aromatic N) is 2. The highest BCUT2D eigenvalue weighted by molar-refractivity contribution is 7.13. The minimum absolute atomic E-state index is 0.0402. The first kappa shape index (κ1) is 21.4. The Morgan fingerprint density at radius 2 is 1.64 bits per heavy atom. The van der Waals surface area contributed by atoms with Gasteiger partial charge in [0, 0.05) is 10.9 Å². The first-order chi connectivity index (χ1) is 13.5. The average Bonchev–Trinajstić information content (AvgIpc) is 3.16. The summed E-state index contributed by atoms with van der Waals surface area (Å²) in [6, 6.07) is 7.52. The first-order valence-corrected chi connectivity index (χ1v) is 9.43. The average molecular weight is 406 g/mol. The fraction of sp³-hybridized carbons (Fsp3) is 0.368. The lowest BCUT2D eigenvalue weighted by atomic mass is 10.2. The van der Waals surface area contributed by atoms with Crippen molar-refractivity contribution in [3.8, 4) is 16.3 Å². The summed E-state index contributed by atoms with van der Waals surface area (Å²) >= 11 is 1.41. The first-order valence-electron chi connectivity index (χ1n) is 8.55. The Morgan fingerprint density at radius 1 is 1.04 bits per heavy atom. The number of carbonyl (C=O) groups excluding carboxylic acids is 3. The van der Waals surface area contributed by atoms with E-state index < -0.39 is 17.8 Å². The normalized spacial score (nSPS) is 10.2. The molecule has 2 aromatic rings. The molecule has 9 heteroatoms. The molecule has 0 saturated carbocycles. The molecule has 0 radical (unpaired) electrons. The molecule has 0 N–H and O–H groups in total. The molecule has 1 heterocycles. The van der Waals surface area contributed by atoms with Crippen LogP contribution in [0.5, 0.6) is 5.75 Å². The van der Waals surface area contributed by atoms with Gasteiger partial charge in [0.05, 0.1) is 32.9 Å². The Bertz CT molecular complexity index is 800. The summed E-state index contributed by atoms with van der Waals surface area (Å²) in [5.74, 6) is -0.880. The Morgan fingerprint density at radius 3 is 2.18 bits per heavy atom. The molecule has 28 heavy (non-hydrogen) atoms. The summed E-state index contributed by atoms with van der Waals surface area (Å²) in [4.78, 5) is 41.1. The van der Waals surface area contributed by atoms with Crippen molar-refractivity contribution < 1.29 is 28.6 Å². The molecular weight excluding hydrogens is 384 g/mol. The summed E-state index contributed by atoms with van der Waals surface area (Å²) in [6.45, 7) is 1.85. The van der Waals surface area contributed by atoms with Crippen LogP contribution in [0.1, 0.15) is 12.6 Å². The van der Waals surface area contributed by atoms with E-state index in [0.29, 0.717) is 12.3 Å². The third kappa shape index (κ3) is 6.05. The van der Waals surface area contributed by atoms with E-state index in [9.17, 15) is 14.4 Å². The van der Waals surface area contributed by atoms with Gasteiger partial charge in [-0.05, 0) is 31.2 Å². The van der Waals surface area contributed by atoms with Crippen LogP contribution in [-0.4, -0.2) is 61.6 Å². The van der Waals surface area contributed by atoms with Gasteiger partial charge in [-0.2, -0.15) is 0 Å². The third-order valence-corrected chi connectivity index (χ3v) is 4.68. The van der Waals surface area contributed by atoms with Gasteiger partial charge < -0.3 is 19.1 Å². The summed E-state index contributed by atoms with van der Waals surface area (Å²) in [6.07, 6.45) is -0.0402. The zero-order chi connectivity index (χ0) is 20.5. The Balaban J connectivity index is 2.07. The lowest BCUT2D eigenvalue weighted by molar-refractivity contribution is -0.151. The van der Waals surface area contributed by atoms with Crippen LogP contribution in [0.25, 0.3) is 10.6 Å². The molecule has 0 saturated heterocycles. The van der Waals surface area contributed by atoms with Crippen LogP contribution in [-0.2, 0) is 30.3 Å². The van der Waals surface area contributed by atoms with E-state index in [0.717, 1.165) is 21.2 Å². The van der Waals surface area contributed by atoms with Gasteiger partial charge in [0.1, 0.15) is 23.8 Å². The number of hydrogen-bond donors (Lipinski definition) is 0. The Labute approximate surface area is 167 Å². The molecule has 2 rings (SSSR count). The van der Waals surface area contributed by atoms with Crippen molar-refractivity contribution in [1.29, 1.82) is 0 Å². The lowest BCUT2D eigenvalue weighted by Gasteiger charge is -2.19. The van der Waals surface area contributed by atoms with Crippen molar-refractivity contribution in [3.05, 3.63) is 35.3 Å². The maximum atomic E-state index is 12.5. The minimum Gasteiger partial charge on any atom is -0.494 e. The highest BCUT2D eigenvalue weighted by atomic mass is 32.1. The van der Waals surface area contributed by atoms with Gasteiger partial charge in [-0.25, -0.2) is 4.98 Å². The number of ether oxygens (including phenoxy) is 3. The SMILES string of the molecule is CCOc1ccc(-c2nc(CC(=O)N(CC(=O)OC)CC(=O)OC)cs2)cc1. The predicted octanol–water partition coefficient (Wildman–Crippen LogP) is 1.93. The van der Waals surface area contributed by atoms with Crippen molar-refractivity contribution in [1.82, 2.24) is 9.88 Å². The van der Waals surface area contributed by atoms with Gasteiger partial charge in [-0.1, -0.05) is 0 Å². The summed E-state index contributed by atoms with van der Waals surface area (Å²) in [7, 11) is 2.43. The summed E-state index contributed by atoms with van der Waals surface area (Å²) < 4.78 is 14.6. The van der Waals surface area contributed by atoms with E-state index >= 15 is 0 Å². The predicted molar refractivity (Wildman–Crippen MR) is 103 cm³/mol. The van der Waals surface area contributed by atoms with E-state index in [2.05, 4.69) is 14.5 Å². The van der Waals surface area contributed by atoms with E-state index in [1.165, 1.54) is 25.6 Å². The smallest absolute Gasteiger partial charge is 0.325 e. The van der Waals surface area contributed by atoms with Crippen LogP contribution < -0.4 is 4.74 Å². The van der Waals surface area contributed by atoms with Crippen LogP contribution in [0.3, 0.4) is 0 Å². The fourth-order valence-electron chi connectivity index (χ4n) is 2.32. The summed E-state index contributed by atoms with van der Waals surface area (Å²) in [5, 5.41) is 2.54. The second-order valence-electron chi connectivity index (χ2n) is 5.68. The van der Waals surface area contributed by atoms with E-state index in [4.69, 9.17) is 4.74 Å². The van der Waals surface area contributed by atoms with Gasteiger partial charge in [0.2, 0.25) is 5.91 Å². The molecule has 1 amide bonds. The van der Waals surface area contributed by atoms with Crippen molar-refractivity contribution in [2.45, 2.75) is 13.3 Å². The third-order valence-electron chi connectivity index (χ3n) is 3.74. The van der Waals surface area contributed by atoms with Gasteiger partial charge in [-0.3, -0.25) is 14.4 Å². The van der Waals surface area contributed by atoms with E-state index in [1.54, 1.807) is 5.38 Å². The topological polar surface area (TPSA) is 95.0 Å². The van der Waals surface area contributed by atoms with Crippen molar-refractivity contribution in [3.63, 3.8) is 0 Å². The van der Waals surface area contributed by atoms with Crippen molar-refractivity contribution in [2.24, 2.45) is 0 Å². The van der Waals surface area contributed by atoms with Crippen LogP contribution >= 0.6 is 11.3 Å².